The number of halogens is 1. The van der Waals surface area contributed by atoms with Crippen LogP contribution in [-0.2, 0) is 6.54 Å². The van der Waals surface area contributed by atoms with Crippen LogP contribution in [0.25, 0.3) is 22.1 Å². The molecule has 6 nitrogen and oxygen atoms in total. The molecule has 0 radical (unpaired) electrons. The van der Waals surface area contributed by atoms with Crippen molar-refractivity contribution >= 4 is 34.2 Å². The van der Waals surface area contributed by atoms with E-state index in [1.807, 2.05) is 24.3 Å². The van der Waals surface area contributed by atoms with Gasteiger partial charge < -0.3 is 4.57 Å². The van der Waals surface area contributed by atoms with E-state index in [0.29, 0.717) is 5.56 Å². The highest BCUT2D eigenvalue weighted by atomic mass is 19.1. The largest absolute Gasteiger partial charge is 0.324 e. The van der Waals surface area contributed by atoms with Crippen LogP contribution in [0.2, 0.25) is 0 Å². The first-order valence-corrected chi connectivity index (χ1v) is 7.93. The van der Waals surface area contributed by atoms with E-state index in [9.17, 15) is 4.39 Å². The van der Waals surface area contributed by atoms with E-state index in [1.165, 1.54) is 12.3 Å². The molecule has 0 bridgehead atoms. The van der Waals surface area contributed by atoms with E-state index in [2.05, 4.69) is 37.2 Å². The lowest BCUT2D eigenvalue weighted by molar-refractivity contribution is 0.626. The van der Waals surface area contributed by atoms with Gasteiger partial charge in [-0.25, -0.2) is 9.82 Å². The molecule has 0 aliphatic carbocycles. The van der Waals surface area contributed by atoms with Gasteiger partial charge in [-0.3, -0.25) is 0 Å². The Morgan fingerprint density at radius 3 is 2.76 bits per heavy atom. The van der Waals surface area contributed by atoms with Gasteiger partial charge >= 0.3 is 0 Å². The van der Waals surface area contributed by atoms with Crippen LogP contribution in [-0.4, -0.2) is 26.0 Å². The van der Waals surface area contributed by atoms with Gasteiger partial charge in [-0.2, -0.15) is 10.1 Å². The van der Waals surface area contributed by atoms with Crippen LogP contribution in [0.15, 0.2) is 53.6 Å². The molecule has 0 unspecified atom stereocenters. The lowest BCUT2D eigenvalue weighted by atomic mass is 10.2. The third kappa shape index (κ3) is 2.69. The van der Waals surface area contributed by atoms with E-state index < -0.39 is 0 Å². The van der Waals surface area contributed by atoms with Crippen LogP contribution in [0, 0.1) is 5.82 Å². The first-order chi connectivity index (χ1) is 12.3. The van der Waals surface area contributed by atoms with Crippen molar-refractivity contribution in [1.29, 1.82) is 0 Å². The molecule has 0 aliphatic rings. The number of fused-ring (bicyclic) bond motifs is 3. The SMILES string of the molecule is CCn1c2ccccc2c2nnc(N/N=C/c3ccccc3F)nc21. The molecule has 4 aromatic rings. The minimum atomic E-state index is -0.339. The summed E-state index contributed by atoms with van der Waals surface area (Å²) < 4.78 is 15.6. The first-order valence-electron chi connectivity index (χ1n) is 7.93. The Labute approximate surface area is 143 Å². The standard InChI is InChI=1S/C18H15FN6/c1-2-25-15-10-6-4-8-13(15)16-17(25)21-18(24-22-16)23-20-11-12-7-3-5-9-14(12)19/h3-11H,2H2,1H3,(H,21,23,24)/b20-11+. The molecule has 0 saturated carbocycles. The molecular weight excluding hydrogens is 319 g/mol. The summed E-state index contributed by atoms with van der Waals surface area (Å²) in [5.74, 6) is -0.0775. The van der Waals surface area contributed by atoms with Crippen molar-refractivity contribution in [3.8, 4) is 0 Å². The van der Waals surface area contributed by atoms with Crippen molar-refractivity contribution in [2.45, 2.75) is 13.5 Å². The molecule has 0 fully saturated rings. The van der Waals surface area contributed by atoms with Gasteiger partial charge in [0.2, 0.25) is 0 Å². The number of nitrogens with one attached hydrogen (secondary N) is 1. The molecule has 0 aliphatic heterocycles. The van der Waals surface area contributed by atoms with Crippen molar-refractivity contribution in [3.05, 3.63) is 59.9 Å². The fourth-order valence-corrected chi connectivity index (χ4v) is 2.81. The average Bonchev–Trinajstić information content (AvgIpc) is 2.96. The van der Waals surface area contributed by atoms with Crippen LogP contribution >= 0.6 is 0 Å². The summed E-state index contributed by atoms with van der Waals surface area (Å²) in [4.78, 5) is 4.51. The van der Waals surface area contributed by atoms with E-state index in [1.54, 1.807) is 18.2 Å². The zero-order valence-corrected chi connectivity index (χ0v) is 13.5. The molecule has 124 valence electrons. The van der Waals surface area contributed by atoms with Crippen LogP contribution in [0.1, 0.15) is 12.5 Å². The fourth-order valence-electron chi connectivity index (χ4n) is 2.81. The van der Waals surface area contributed by atoms with Gasteiger partial charge in [-0.05, 0) is 19.1 Å². The second-order valence-electron chi connectivity index (χ2n) is 5.46. The predicted molar refractivity (Wildman–Crippen MR) is 96.1 cm³/mol. The van der Waals surface area contributed by atoms with Gasteiger partial charge in [0, 0.05) is 17.5 Å². The van der Waals surface area contributed by atoms with Crippen molar-refractivity contribution in [3.63, 3.8) is 0 Å². The number of anilines is 1. The van der Waals surface area contributed by atoms with Crippen molar-refractivity contribution in [1.82, 2.24) is 19.7 Å². The molecule has 7 heteroatoms. The maximum atomic E-state index is 13.6. The van der Waals surface area contributed by atoms with Gasteiger partial charge in [-0.1, -0.05) is 36.4 Å². The summed E-state index contributed by atoms with van der Waals surface area (Å²) in [5, 5.41) is 13.4. The summed E-state index contributed by atoms with van der Waals surface area (Å²) >= 11 is 0. The van der Waals surface area contributed by atoms with Gasteiger partial charge in [0.05, 0.1) is 11.7 Å². The van der Waals surface area contributed by atoms with Gasteiger partial charge in [0.15, 0.2) is 5.65 Å². The maximum Gasteiger partial charge on any atom is 0.265 e. The molecule has 2 aromatic carbocycles. The monoisotopic (exact) mass is 334 g/mol. The Bertz CT molecular complexity index is 1090. The molecule has 0 spiro atoms. The zero-order chi connectivity index (χ0) is 17.2. The highest BCUT2D eigenvalue weighted by molar-refractivity contribution is 6.04. The summed E-state index contributed by atoms with van der Waals surface area (Å²) in [5.41, 5.74) is 5.65. The Balaban J connectivity index is 1.69. The first kappa shape index (κ1) is 15.2. The highest BCUT2D eigenvalue weighted by Gasteiger charge is 2.13. The molecule has 0 atom stereocenters. The number of hydrogen-bond donors (Lipinski definition) is 1. The van der Waals surface area contributed by atoms with Gasteiger partial charge in [0.1, 0.15) is 11.3 Å². The van der Waals surface area contributed by atoms with Crippen LogP contribution < -0.4 is 5.43 Å². The summed E-state index contributed by atoms with van der Waals surface area (Å²) in [6.07, 6.45) is 1.39. The number of rotatable bonds is 4. The van der Waals surface area contributed by atoms with E-state index in [0.717, 1.165) is 28.6 Å². The molecule has 0 saturated heterocycles. The number of aryl methyl sites for hydroxylation is 1. The second-order valence-corrected chi connectivity index (χ2v) is 5.46. The molecule has 2 heterocycles. The molecule has 0 amide bonds. The van der Waals surface area contributed by atoms with Crippen molar-refractivity contribution in [2.24, 2.45) is 5.10 Å². The maximum absolute atomic E-state index is 13.6. The van der Waals surface area contributed by atoms with Crippen molar-refractivity contribution < 1.29 is 4.39 Å². The molecule has 4 rings (SSSR count). The number of para-hydroxylation sites is 1. The number of hydrogen-bond acceptors (Lipinski definition) is 5. The summed E-state index contributed by atoms with van der Waals surface area (Å²) in [6.45, 7) is 2.82. The topological polar surface area (TPSA) is 68.0 Å². The molecular formula is C18H15FN6. The number of nitrogens with zero attached hydrogens (tertiary/aromatic N) is 5. The summed E-state index contributed by atoms with van der Waals surface area (Å²) in [7, 11) is 0. The quantitative estimate of drug-likeness (QED) is 0.457. The number of aromatic nitrogens is 4. The highest BCUT2D eigenvalue weighted by Crippen LogP contribution is 2.25. The third-order valence-electron chi connectivity index (χ3n) is 3.96. The Kier molecular flexibility index (Phi) is 3.81. The van der Waals surface area contributed by atoms with E-state index in [4.69, 9.17) is 0 Å². The number of benzene rings is 2. The fraction of sp³-hybridized carbons (Fsp3) is 0.111. The minimum absolute atomic E-state index is 0.262. The van der Waals surface area contributed by atoms with E-state index in [-0.39, 0.29) is 11.8 Å². The predicted octanol–water partition coefficient (Wildman–Crippen LogP) is 3.58. The summed E-state index contributed by atoms with van der Waals surface area (Å²) in [6, 6.07) is 14.4. The molecule has 2 aromatic heterocycles. The van der Waals surface area contributed by atoms with Gasteiger partial charge in [-0.15, -0.1) is 10.2 Å². The van der Waals surface area contributed by atoms with Crippen LogP contribution in [0.3, 0.4) is 0 Å². The second kappa shape index (κ2) is 6.27. The van der Waals surface area contributed by atoms with Crippen molar-refractivity contribution in [2.75, 3.05) is 5.43 Å². The minimum Gasteiger partial charge on any atom is -0.324 e. The zero-order valence-electron chi connectivity index (χ0n) is 13.5. The van der Waals surface area contributed by atoms with Crippen LogP contribution in [0.4, 0.5) is 10.3 Å². The average molecular weight is 334 g/mol. The normalized spacial score (nSPS) is 11.6. The Morgan fingerprint density at radius 2 is 1.92 bits per heavy atom. The van der Waals surface area contributed by atoms with Gasteiger partial charge in [0.25, 0.3) is 5.95 Å². The molecule has 1 N–H and O–H groups in total. The third-order valence-corrected chi connectivity index (χ3v) is 3.96. The molecule has 25 heavy (non-hydrogen) atoms. The Morgan fingerprint density at radius 1 is 1.12 bits per heavy atom. The smallest absolute Gasteiger partial charge is 0.265 e. The lowest BCUT2D eigenvalue weighted by Crippen LogP contribution is -2.02. The Hall–Kier alpha value is -3.35. The lowest BCUT2D eigenvalue weighted by Gasteiger charge is -2.02. The van der Waals surface area contributed by atoms with E-state index >= 15 is 0 Å². The number of hydrazone groups is 1. The van der Waals surface area contributed by atoms with Crippen LogP contribution in [0.5, 0.6) is 0 Å².